The number of rotatable bonds is 4. The topological polar surface area (TPSA) is 97.7 Å². The van der Waals surface area contributed by atoms with Crippen molar-refractivity contribution in [1.29, 1.82) is 0 Å². The highest BCUT2D eigenvalue weighted by atomic mass is 35.5. The Balaban J connectivity index is 1.76. The number of carbonyl (C=O) groups excluding carboxylic acids is 4. The standard InChI is InChI=1S/C26H22ClN3O5/c1-14-8-9-20(13-22(14)27)30-24(32)21(23(31)28-26(30)34)12-18-10-15(2)29(16(18)3)19-7-5-6-17(11-19)25(33)35-4/h5-13H,1-4H3,(H,28,31,34)/b21-12+. The molecule has 8 nitrogen and oxygen atoms in total. The lowest BCUT2D eigenvalue weighted by Crippen LogP contribution is -2.54. The van der Waals surface area contributed by atoms with Crippen LogP contribution < -0.4 is 10.2 Å². The van der Waals surface area contributed by atoms with Crippen molar-refractivity contribution in [3.05, 3.63) is 87.2 Å². The van der Waals surface area contributed by atoms with Gasteiger partial charge in [-0.2, -0.15) is 0 Å². The number of carbonyl (C=O) groups is 4. The van der Waals surface area contributed by atoms with Gasteiger partial charge in [0, 0.05) is 22.1 Å². The minimum atomic E-state index is -0.845. The molecular formula is C26H22ClN3O5. The fraction of sp³-hybridized carbons (Fsp3) is 0.154. The summed E-state index contributed by atoms with van der Waals surface area (Å²) < 4.78 is 6.70. The lowest BCUT2D eigenvalue weighted by Gasteiger charge is -2.26. The average Bonchev–Trinajstić information content (AvgIpc) is 3.10. The second-order valence-electron chi connectivity index (χ2n) is 8.10. The number of nitrogens with one attached hydrogen (secondary N) is 1. The van der Waals surface area contributed by atoms with Crippen LogP contribution in [0.2, 0.25) is 5.02 Å². The van der Waals surface area contributed by atoms with E-state index >= 15 is 0 Å². The van der Waals surface area contributed by atoms with Crippen LogP contribution in [0.4, 0.5) is 10.5 Å². The van der Waals surface area contributed by atoms with Gasteiger partial charge in [-0.1, -0.05) is 23.7 Å². The fourth-order valence-corrected chi connectivity index (χ4v) is 4.16. The molecule has 0 aliphatic carbocycles. The Kier molecular flexibility index (Phi) is 6.32. The quantitative estimate of drug-likeness (QED) is 0.329. The molecule has 1 fully saturated rings. The van der Waals surface area contributed by atoms with Crippen LogP contribution in [-0.4, -0.2) is 35.5 Å². The number of urea groups is 1. The third kappa shape index (κ3) is 4.36. The van der Waals surface area contributed by atoms with Gasteiger partial charge in [-0.05, 0) is 74.4 Å². The number of aromatic nitrogens is 1. The molecule has 0 saturated carbocycles. The highest BCUT2D eigenvalue weighted by Crippen LogP contribution is 2.28. The molecule has 1 aromatic heterocycles. The van der Waals surface area contributed by atoms with Gasteiger partial charge >= 0.3 is 12.0 Å². The molecular weight excluding hydrogens is 470 g/mol. The van der Waals surface area contributed by atoms with Crippen LogP contribution in [0.5, 0.6) is 0 Å². The van der Waals surface area contributed by atoms with E-state index in [-0.39, 0.29) is 11.3 Å². The third-order valence-electron chi connectivity index (χ3n) is 5.81. The monoisotopic (exact) mass is 491 g/mol. The molecule has 1 aliphatic heterocycles. The van der Waals surface area contributed by atoms with E-state index < -0.39 is 23.8 Å². The smallest absolute Gasteiger partial charge is 0.337 e. The second kappa shape index (κ2) is 9.23. The Morgan fingerprint density at radius 2 is 1.74 bits per heavy atom. The van der Waals surface area contributed by atoms with Crippen molar-refractivity contribution in [2.75, 3.05) is 12.0 Å². The number of esters is 1. The first-order chi connectivity index (χ1) is 16.6. The SMILES string of the molecule is COC(=O)c1cccc(-n2c(C)cc(/C=C3\C(=O)NC(=O)N(c4ccc(C)c(Cl)c4)C3=O)c2C)c1. The molecule has 1 aliphatic rings. The van der Waals surface area contributed by atoms with Crippen molar-refractivity contribution >= 4 is 47.2 Å². The summed E-state index contributed by atoms with van der Waals surface area (Å²) in [5.74, 6) is -2.00. The number of hydrogen-bond acceptors (Lipinski definition) is 5. The number of amides is 4. The Bertz CT molecular complexity index is 1440. The summed E-state index contributed by atoms with van der Waals surface area (Å²) >= 11 is 6.18. The van der Waals surface area contributed by atoms with E-state index in [1.807, 2.05) is 30.5 Å². The van der Waals surface area contributed by atoms with Crippen molar-refractivity contribution < 1.29 is 23.9 Å². The number of nitrogens with zero attached hydrogens (tertiary/aromatic N) is 2. The van der Waals surface area contributed by atoms with Crippen LogP contribution in [-0.2, 0) is 14.3 Å². The van der Waals surface area contributed by atoms with Crippen molar-refractivity contribution in [1.82, 2.24) is 9.88 Å². The zero-order chi connectivity index (χ0) is 25.4. The van der Waals surface area contributed by atoms with Gasteiger partial charge in [-0.3, -0.25) is 14.9 Å². The van der Waals surface area contributed by atoms with Gasteiger partial charge in [-0.25, -0.2) is 14.5 Å². The van der Waals surface area contributed by atoms with E-state index in [4.69, 9.17) is 16.3 Å². The molecule has 4 amide bonds. The van der Waals surface area contributed by atoms with E-state index in [1.165, 1.54) is 19.3 Å². The van der Waals surface area contributed by atoms with Gasteiger partial charge in [0.25, 0.3) is 11.8 Å². The van der Waals surface area contributed by atoms with E-state index in [9.17, 15) is 19.2 Å². The summed E-state index contributed by atoms with van der Waals surface area (Å²) in [5, 5.41) is 2.61. The maximum atomic E-state index is 13.2. The number of methoxy groups -OCH3 is 1. The Morgan fingerprint density at radius 3 is 2.43 bits per heavy atom. The van der Waals surface area contributed by atoms with Gasteiger partial charge in [0.05, 0.1) is 18.4 Å². The van der Waals surface area contributed by atoms with E-state index in [0.717, 1.165) is 27.5 Å². The summed E-state index contributed by atoms with van der Waals surface area (Å²) in [6.45, 7) is 5.50. The second-order valence-corrected chi connectivity index (χ2v) is 8.50. The number of ether oxygens (including phenoxy) is 1. The molecule has 0 unspecified atom stereocenters. The summed E-state index contributed by atoms with van der Waals surface area (Å²) in [4.78, 5) is 51.2. The lowest BCUT2D eigenvalue weighted by atomic mass is 10.1. The van der Waals surface area contributed by atoms with Crippen molar-refractivity contribution in [3.8, 4) is 5.69 Å². The van der Waals surface area contributed by atoms with Crippen LogP contribution in [0.25, 0.3) is 11.8 Å². The van der Waals surface area contributed by atoms with Crippen molar-refractivity contribution in [2.24, 2.45) is 0 Å². The zero-order valence-corrected chi connectivity index (χ0v) is 20.3. The van der Waals surface area contributed by atoms with Crippen LogP contribution in [0.3, 0.4) is 0 Å². The predicted octanol–water partition coefficient (Wildman–Crippen LogP) is 4.51. The summed E-state index contributed by atoms with van der Waals surface area (Å²) in [5.41, 5.74) is 4.13. The lowest BCUT2D eigenvalue weighted by molar-refractivity contribution is -0.122. The Morgan fingerprint density at radius 1 is 1.00 bits per heavy atom. The number of benzene rings is 2. The molecule has 0 spiro atoms. The summed E-state index contributed by atoms with van der Waals surface area (Å²) in [6, 6.07) is 12.7. The molecule has 2 aromatic carbocycles. The molecule has 3 aromatic rings. The maximum absolute atomic E-state index is 13.2. The fourth-order valence-electron chi connectivity index (χ4n) is 3.99. The van der Waals surface area contributed by atoms with E-state index in [2.05, 4.69) is 5.32 Å². The predicted molar refractivity (Wildman–Crippen MR) is 132 cm³/mol. The minimum absolute atomic E-state index is 0.190. The van der Waals surface area contributed by atoms with Crippen molar-refractivity contribution in [2.45, 2.75) is 20.8 Å². The minimum Gasteiger partial charge on any atom is -0.465 e. The first-order valence-electron chi connectivity index (χ1n) is 10.7. The van der Waals surface area contributed by atoms with E-state index in [1.54, 1.807) is 37.3 Å². The molecule has 0 radical (unpaired) electrons. The van der Waals surface area contributed by atoms with Crippen LogP contribution >= 0.6 is 11.6 Å². The maximum Gasteiger partial charge on any atom is 0.337 e. The highest BCUT2D eigenvalue weighted by Gasteiger charge is 2.37. The van der Waals surface area contributed by atoms with Gasteiger partial charge in [0.2, 0.25) is 0 Å². The van der Waals surface area contributed by atoms with Crippen molar-refractivity contribution in [3.63, 3.8) is 0 Å². The number of aryl methyl sites for hydroxylation is 2. The summed E-state index contributed by atoms with van der Waals surface area (Å²) in [7, 11) is 1.32. The summed E-state index contributed by atoms with van der Waals surface area (Å²) in [6.07, 6.45) is 1.45. The number of halogens is 1. The average molecular weight is 492 g/mol. The van der Waals surface area contributed by atoms with Gasteiger partial charge in [-0.15, -0.1) is 0 Å². The third-order valence-corrected chi connectivity index (χ3v) is 6.22. The number of barbiturate groups is 1. The normalized spacial score (nSPS) is 14.9. The Labute approximate surface area is 206 Å². The molecule has 9 heteroatoms. The first kappa shape index (κ1) is 24.0. The molecule has 1 saturated heterocycles. The molecule has 0 bridgehead atoms. The highest BCUT2D eigenvalue weighted by molar-refractivity contribution is 6.39. The largest absolute Gasteiger partial charge is 0.465 e. The molecule has 35 heavy (non-hydrogen) atoms. The molecule has 2 heterocycles. The number of anilines is 1. The molecule has 4 rings (SSSR count). The number of imide groups is 2. The van der Waals surface area contributed by atoms with E-state index in [0.29, 0.717) is 16.1 Å². The Hall–Kier alpha value is -4.17. The molecule has 178 valence electrons. The first-order valence-corrected chi connectivity index (χ1v) is 11.1. The van der Waals surface area contributed by atoms with Crippen LogP contribution in [0.1, 0.15) is 32.9 Å². The van der Waals surface area contributed by atoms with Gasteiger partial charge < -0.3 is 9.30 Å². The van der Waals surface area contributed by atoms with Gasteiger partial charge in [0.1, 0.15) is 5.57 Å². The van der Waals surface area contributed by atoms with Gasteiger partial charge in [0.15, 0.2) is 0 Å². The number of hydrogen-bond donors (Lipinski definition) is 1. The zero-order valence-electron chi connectivity index (χ0n) is 19.5. The van der Waals surface area contributed by atoms with Crippen LogP contribution in [0, 0.1) is 20.8 Å². The van der Waals surface area contributed by atoms with Crippen LogP contribution in [0.15, 0.2) is 54.1 Å². The molecule has 1 N–H and O–H groups in total. The molecule has 0 atom stereocenters.